The fourth-order valence-corrected chi connectivity index (χ4v) is 4.33. The molecule has 2 aromatic heterocycles. The molecule has 1 amide bonds. The summed E-state index contributed by atoms with van der Waals surface area (Å²) in [4.78, 5) is 21.3. The first-order valence-electron chi connectivity index (χ1n) is 10.3. The topological polar surface area (TPSA) is 106 Å². The van der Waals surface area contributed by atoms with Crippen molar-refractivity contribution in [1.29, 1.82) is 0 Å². The van der Waals surface area contributed by atoms with Crippen LogP contribution >= 0.6 is 0 Å². The van der Waals surface area contributed by atoms with Crippen LogP contribution < -0.4 is 10.0 Å². The van der Waals surface area contributed by atoms with Crippen LogP contribution in [0, 0.1) is 6.92 Å². The van der Waals surface area contributed by atoms with E-state index in [0.717, 1.165) is 17.0 Å². The molecule has 2 heterocycles. The van der Waals surface area contributed by atoms with Crippen LogP contribution in [0.5, 0.6) is 0 Å². The van der Waals surface area contributed by atoms with Crippen molar-refractivity contribution in [3.05, 3.63) is 108 Å². The molecular formula is C24H23N5O3S. The van der Waals surface area contributed by atoms with E-state index in [1.807, 2.05) is 60.2 Å². The van der Waals surface area contributed by atoms with Gasteiger partial charge >= 0.3 is 0 Å². The molecular weight excluding hydrogens is 438 g/mol. The molecule has 4 aromatic rings. The molecule has 4 rings (SSSR count). The molecule has 0 bridgehead atoms. The van der Waals surface area contributed by atoms with Gasteiger partial charge in [-0.1, -0.05) is 36.4 Å². The van der Waals surface area contributed by atoms with Crippen LogP contribution in [0.2, 0.25) is 0 Å². The van der Waals surface area contributed by atoms with E-state index < -0.39 is 10.0 Å². The highest BCUT2D eigenvalue weighted by molar-refractivity contribution is 7.89. The predicted molar refractivity (Wildman–Crippen MR) is 124 cm³/mol. The van der Waals surface area contributed by atoms with Gasteiger partial charge in [0.2, 0.25) is 10.0 Å². The summed E-state index contributed by atoms with van der Waals surface area (Å²) in [5.41, 5.74) is 1.96. The summed E-state index contributed by atoms with van der Waals surface area (Å²) in [6, 6.07) is 18.9. The number of rotatable bonds is 8. The van der Waals surface area contributed by atoms with Crippen molar-refractivity contribution >= 4 is 15.9 Å². The number of sulfonamides is 1. The van der Waals surface area contributed by atoms with Gasteiger partial charge in [0, 0.05) is 37.2 Å². The number of nitrogens with one attached hydrogen (secondary N) is 2. The molecule has 168 valence electrons. The van der Waals surface area contributed by atoms with Crippen LogP contribution in [0.4, 0.5) is 0 Å². The SMILES string of the molecule is Cc1nccn1-c1cc(CNC(=O)c2cccc(S(=O)(=O)NCc3ccccc3)c2)ccn1. The molecule has 0 radical (unpaired) electrons. The maximum atomic E-state index is 12.7. The largest absolute Gasteiger partial charge is 0.348 e. The second-order valence-electron chi connectivity index (χ2n) is 7.39. The first-order chi connectivity index (χ1) is 15.9. The van der Waals surface area contributed by atoms with Gasteiger partial charge in [0.15, 0.2) is 0 Å². The summed E-state index contributed by atoms with van der Waals surface area (Å²) in [5.74, 6) is 1.14. The van der Waals surface area contributed by atoms with Crippen LogP contribution in [0.15, 0.2) is 90.2 Å². The Morgan fingerprint density at radius 2 is 1.73 bits per heavy atom. The molecule has 2 aromatic carbocycles. The zero-order valence-electron chi connectivity index (χ0n) is 18.0. The van der Waals surface area contributed by atoms with Gasteiger partial charge in [0.05, 0.1) is 4.90 Å². The molecule has 0 unspecified atom stereocenters. The maximum Gasteiger partial charge on any atom is 0.251 e. The van der Waals surface area contributed by atoms with Crippen LogP contribution in [-0.4, -0.2) is 28.9 Å². The van der Waals surface area contributed by atoms with Gasteiger partial charge in [-0.2, -0.15) is 0 Å². The minimum absolute atomic E-state index is 0.0351. The average molecular weight is 462 g/mol. The Balaban J connectivity index is 1.42. The van der Waals surface area contributed by atoms with Crippen molar-refractivity contribution in [2.45, 2.75) is 24.9 Å². The maximum absolute atomic E-state index is 12.7. The Hall–Kier alpha value is -3.82. The number of aryl methyl sites for hydroxylation is 1. The zero-order chi connectivity index (χ0) is 23.3. The lowest BCUT2D eigenvalue weighted by Crippen LogP contribution is -2.25. The standard InChI is InChI=1S/C24H23N5O3S/c1-18-25-12-13-29(18)23-14-20(10-11-26-23)16-27-24(30)21-8-5-9-22(15-21)33(31,32)28-17-19-6-3-2-4-7-19/h2-15,28H,16-17H2,1H3,(H,27,30). The third kappa shape index (κ3) is 5.51. The van der Waals surface area contributed by atoms with Crippen molar-refractivity contribution in [2.24, 2.45) is 0 Å². The number of carbonyl (C=O) groups excluding carboxylic acids is 1. The zero-order valence-corrected chi connectivity index (χ0v) is 18.8. The molecule has 0 fully saturated rings. The number of amides is 1. The third-order valence-corrected chi connectivity index (χ3v) is 6.45. The van der Waals surface area contributed by atoms with Gasteiger partial charge in [-0.05, 0) is 48.4 Å². The normalized spacial score (nSPS) is 11.3. The summed E-state index contributed by atoms with van der Waals surface area (Å²) in [6.45, 7) is 2.32. The van der Waals surface area contributed by atoms with Crippen molar-refractivity contribution in [2.75, 3.05) is 0 Å². The second kappa shape index (κ2) is 9.76. The molecule has 0 saturated heterocycles. The molecule has 0 spiro atoms. The molecule has 33 heavy (non-hydrogen) atoms. The van der Waals surface area contributed by atoms with Crippen molar-refractivity contribution in [1.82, 2.24) is 24.6 Å². The highest BCUT2D eigenvalue weighted by Crippen LogP contribution is 2.14. The van der Waals surface area contributed by atoms with Crippen molar-refractivity contribution in [3.8, 4) is 5.82 Å². The number of pyridine rings is 1. The van der Waals surface area contributed by atoms with Crippen LogP contribution in [0.3, 0.4) is 0 Å². The second-order valence-corrected chi connectivity index (χ2v) is 9.15. The Kier molecular flexibility index (Phi) is 6.62. The lowest BCUT2D eigenvalue weighted by Gasteiger charge is -2.10. The minimum atomic E-state index is -3.76. The number of nitrogens with zero attached hydrogens (tertiary/aromatic N) is 3. The molecule has 8 nitrogen and oxygen atoms in total. The molecule has 0 aliphatic rings. The number of hydrogen-bond donors (Lipinski definition) is 2. The Labute approximate surface area is 192 Å². The number of benzene rings is 2. The molecule has 0 saturated carbocycles. The number of imidazole rings is 1. The lowest BCUT2D eigenvalue weighted by molar-refractivity contribution is 0.0950. The highest BCUT2D eigenvalue weighted by atomic mass is 32.2. The van der Waals surface area contributed by atoms with Gasteiger partial charge < -0.3 is 5.32 Å². The number of hydrogen-bond acceptors (Lipinski definition) is 5. The van der Waals surface area contributed by atoms with E-state index >= 15 is 0 Å². The fourth-order valence-electron chi connectivity index (χ4n) is 3.27. The summed E-state index contributed by atoms with van der Waals surface area (Å²) in [6.07, 6.45) is 5.18. The summed E-state index contributed by atoms with van der Waals surface area (Å²) in [5, 5.41) is 2.83. The van der Waals surface area contributed by atoms with E-state index in [-0.39, 0.29) is 29.5 Å². The van der Waals surface area contributed by atoms with Crippen LogP contribution in [0.1, 0.15) is 27.3 Å². The Morgan fingerprint density at radius 1 is 0.909 bits per heavy atom. The lowest BCUT2D eigenvalue weighted by atomic mass is 10.2. The first kappa shape index (κ1) is 22.4. The fraction of sp³-hybridized carbons (Fsp3) is 0.125. The van der Waals surface area contributed by atoms with Crippen LogP contribution in [0.25, 0.3) is 5.82 Å². The minimum Gasteiger partial charge on any atom is -0.348 e. The van der Waals surface area contributed by atoms with E-state index in [1.165, 1.54) is 12.1 Å². The summed E-state index contributed by atoms with van der Waals surface area (Å²) in [7, 11) is -3.76. The molecule has 0 aliphatic carbocycles. The molecule has 0 aliphatic heterocycles. The van der Waals surface area contributed by atoms with E-state index in [0.29, 0.717) is 5.82 Å². The van der Waals surface area contributed by atoms with Gasteiger partial charge in [-0.15, -0.1) is 0 Å². The molecule has 9 heteroatoms. The highest BCUT2D eigenvalue weighted by Gasteiger charge is 2.16. The predicted octanol–water partition coefficient (Wildman–Crippen LogP) is 2.98. The van der Waals surface area contributed by atoms with Gasteiger partial charge in [0.1, 0.15) is 11.6 Å². The molecule has 0 atom stereocenters. The average Bonchev–Trinajstić information content (AvgIpc) is 3.28. The number of carbonyl (C=O) groups is 1. The van der Waals surface area contributed by atoms with Crippen LogP contribution in [-0.2, 0) is 23.1 Å². The van der Waals surface area contributed by atoms with E-state index in [1.54, 1.807) is 24.5 Å². The smallest absolute Gasteiger partial charge is 0.251 e. The van der Waals surface area contributed by atoms with Crippen molar-refractivity contribution < 1.29 is 13.2 Å². The first-order valence-corrected chi connectivity index (χ1v) is 11.8. The number of aromatic nitrogens is 3. The third-order valence-electron chi connectivity index (χ3n) is 5.05. The van der Waals surface area contributed by atoms with Crippen molar-refractivity contribution in [3.63, 3.8) is 0 Å². The van der Waals surface area contributed by atoms with E-state index in [2.05, 4.69) is 20.0 Å². The molecule has 2 N–H and O–H groups in total. The summed E-state index contributed by atoms with van der Waals surface area (Å²) < 4.78 is 29.8. The Bertz CT molecular complexity index is 1370. The van der Waals surface area contributed by atoms with Gasteiger partial charge in [0.25, 0.3) is 5.91 Å². The van der Waals surface area contributed by atoms with E-state index in [4.69, 9.17) is 0 Å². The van der Waals surface area contributed by atoms with Gasteiger partial charge in [-0.25, -0.2) is 23.1 Å². The van der Waals surface area contributed by atoms with Gasteiger partial charge in [-0.3, -0.25) is 9.36 Å². The monoisotopic (exact) mass is 461 g/mol. The quantitative estimate of drug-likeness (QED) is 0.420. The van der Waals surface area contributed by atoms with E-state index in [9.17, 15) is 13.2 Å². The summed E-state index contributed by atoms with van der Waals surface area (Å²) >= 11 is 0. The Morgan fingerprint density at radius 3 is 2.48 bits per heavy atom.